The third-order valence-electron chi connectivity index (χ3n) is 4.69. The van der Waals surface area contributed by atoms with Crippen LogP contribution in [0.4, 0.5) is 0 Å². The molecule has 2 aromatic rings. The first kappa shape index (κ1) is 20.0. The lowest BCUT2D eigenvalue weighted by Crippen LogP contribution is -2.48. The van der Waals surface area contributed by atoms with Crippen LogP contribution in [0.15, 0.2) is 73.0 Å². The molecule has 0 N–H and O–H groups in total. The second-order valence-corrected chi connectivity index (χ2v) is 10.1. The molecule has 3 nitrogen and oxygen atoms in total. The van der Waals surface area contributed by atoms with Crippen LogP contribution in [-0.2, 0) is 22.6 Å². The van der Waals surface area contributed by atoms with Crippen molar-refractivity contribution in [2.45, 2.75) is 57.1 Å². The number of benzene rings is 2. The van der Waals surface area contributed by atoms with E-state index in [1.165, 1.54) is 0 Å². The van der Waals surface area contributed by atoms with Gasteiger partial charge in [0.25, 0.3) is 0 Å². The maximum absolute atomic E-state index is 13.6. The molecule has 0 spiro atoms. The fraction of sp³-hybridized carbons (Fsp3) is 0.391. The Balaban J connectivity index is 2.01. The molecule has 2 aromatic carbocycles. The summed E-state index contributed by atoms with van der Waals surface area (Å²) >= 11 is -1.18. The van der Waals surface area contributed by atoms with Gasteiger partial charge >= 0.3 is 0 Å². The summed E-state index contributed by atoms with van der Waals surface area (Å²) in [6.45, 7) is 6.72. The quantitative estimate of drug-likeness (QED) is 0.628. The van der Waals surface area contributed by atoms with Crippen molar-refractivity contribution in [2.75, 3.05) is 0 Å². The smallest absolute Gasteiger partial charge is 0.137 e. The van der Waals surface area contributed by atoms with Crippen molar-refractivity contribution in [1.29, 1.82) is 0 Å². The van der Waals surface area contributed by atoms with E-state index in [-0.39, 0.29) is 16.9 Å². The first-order valence-electron chi connectivity index (χ1n) is 9.55. The van der Waals surface area contributed by atoms with Crippen molar-refractivity contribution >= 4 is 11.4 Å². The van der Waals surface area contributed by atoms with E-state index in [4.69, 9.17) is 4.74 Å². The van der Waals surface area contributed by atoms with Crippen molar-refractivity contribution < 1.29 is 9.29 Å². The molecular weight excluding hydrogens is 354 g/mol. The Bertz CT molecular complexity index is 727. The normalized spacial score (nSPS) is 19.5. The summed E-state index contributed by atoms with van der Waals surface area (Å²) in [4.78, 5) is 0. The van der Waals surface area contributed by atoms with E-state index in [1.54, 1.807) is 6.26 Å². The van der Waals surface area contributed by atoms with E-state index in [9.17, 15) is 4.55 Å². The van der Waals surface area contributed by atoms with Gasteiger partial charge in [-0.1, -0.05) is 60.7 Å². The molecule has 1 aliphatic rings. The lowest BCUT2D eigenvalue weighted by molar-refractivity contribution is 0.0529. The summed E-state index contributed by atoms with van der Waals surface area (Å²) in [5.41, 5.74) is 2.30. The number of hydrogen-bond acceptors (Lipinski definition) is 3. The summed E-state index contributed by atoms with van der Waals surface area (Å²) < 4.78 is 21.4. The fourth-order valence-corrected chi connectivity index (χ4v) is 4.81. The Hall–Kier alpha value is -1.75. The molecule has 144 valence electrons. The topological polar surface area (TPSA) is 35.5 Å². The largest absolute Gasteiger partial charge is 0.597 e. The Morgan fingerprint density at radius 2 is 1.70 bits per heavy atom. The van der Waals surface area contributed by atoms with Crippen LogP contribution in [0.5, 0.6) is 0 Å². The predicted molar refractivity (Wildman–Crippen MR) is 112 cm³/mol. The van der Waals surface area contributed by atoms with Crippen molar-refractivity contribution in [3.8, 4) is 0 Å². The Kier molecular flexibility index (Phi) is 6.64. The molecule has 27 heavy (non-hydrogen) atoms. The number of hydrogen-bond donors (Lipinski definition) is 0. The second kappa shape index (κ2) is 8.96. The van der Waals surface area contributed by atoms with Crippen molar-refractivity contribution in [3.63, 3.8) is 0 Å². The molecule has 0 radical (unpaired) electrons. The molecule has 0 bridgehead atoms. The van der Waals surface area contributed by atoms with Crippen molar-refractivity contribution in [3.05, 3.63) is 84.1 Å². The van der Waals surface area contributed by atoms with Gasteiger partial charge in [0.05, 0.1) is 12.8 Å². The van der Waals surface area contributed by atoms with Crippen LogP contribution in [0.2, 0.25) is 0 Å². The van der Waals surface area contributed by atoms with Crippen LogP contribution in [0.3, 0.4) is 0 Å². The van der Waals surface area contributed by atoms with Gasteiger partial charge < -0.3 is 9.29 Å². The van der Waals surface area contributed by atoms with Gasteiger partial charge in [-0.3, -0.25) is 0 Å². The highest BCUT2D eigenvalue weighted by Gasteiger charge is 2.42. The van der Waals surface area contributed by atoms with Gasteiger partial charge in [0.2, 0.25) is 0 Å². The highest BCUT2D eigenvalue weighted by Crippen LogP contribution is 2.37. The van der Waals surface area contributed by atoms with Gasteiger partial charge in [-0.15, -0.1) is 4.31 Å². The van der Waals surface area contributed by atoms with E-state index >= 15 is 0 Å². The van der Waals surface area contributed by atoms with Gasteiger partial charge in [-0.2, -0.15) is 0 Å². The summed E-state index contributed by atoms with van der Waals surface area (Å²) in [5, 5.41) is 0. The average Bonchev–Trinajstić information content (AvgIpc) is 2.69. The molecule has 0 aromatic heterocycles. The minimum atomic E-state index is -1.18. The SMILES string of the molecule is CC(C)(C)[S+]([O-])N(Cc1ccccc1)C(c1ccccc1)[C@@H]1CCC=CO1. The minimum Gasteiger partial charge on any atom is -0.597 e. The third kappa shape index (κ3) is 5.16. The molecule has 0 amide bonds. The molecule has 1 aliphatic heterocycles. The summed E-state index contributed by atoms with van der Waals surface area (Å²) in [7, 11) is 0. The second-order valence-electron chi connectivity index (χ2n) is 7.90. The van der Waals surface area contributed by atoms with Gasteiger partial charge in [-0.05, 0) is 50.8 Å². The van der Waals surface area contributed by atoms with Gasteiger partial charge in [-0.25, -0.2) is 0 Å². The van der Waals surface area contributed by atoms with E-state index in [1.807, 2.05) is 57.2 Å². The average molecular weight is 384 g/mol. The van der Waals surface area contributed by atoms with Gasteiger partial charge in [0, 0.05) is 11.4 Å². The maximum atomic E-state index is 13.6. The predicted octanol–water partition coefficient (Wildman–Crippen LogP) is 5.38. The van der Waals surface area contributed by atoms with Gasteiger partial charge in [0.1, 0.15) is 16.9 Å². The van der Waals surface area contributed by atoms with Crippen LogP contribution in [-0.4, -0.2) is 19.7 Å². The molecule has 0 saturated heterocycles. The monoisotopic (exact) mass is 383 g/mol. The number of rotatable bonds is 6. The Morgan fingerprint density at radius 3 is 2.26 bits per heavy atom. The molecule has 1 heterocycles. The van der Waals surface area contributed by atoms with Crippen molar-refractivity contribution in [2.24, 2.45) is 0 Å². The molecule has 3 atom stereocenters. The lowest BCUT2D eigenvalue weighted by Gasteiger charge is -2.40. The van der Waals surface area contributed by atoms with E-state index in [0.717, 1.165) is 24.0 Å². The molecule has 3 rings (SSSR count). The van der Waals surface area contributed by atoms with Crippen molar-refractivity contribution in [1.82, 2.24) is 4.31 Å². The third-order valence-corrected chi connectivity index (χ3v) is 6.52. The molecule has 2 unspecified atom stereocenters. The lowest BCUT2D eigenvalue weighted by atomic mass is 9.96. The number of nitrogens with zero attached hydrogens (tertiary/aromatic N) is 1. The zero-order valence-corrected chi connectivity index (χ0v) is 17.2. The Labute approximate surface area is 166 Å². The fourth-order valence-electron chi connectivity index (χ4n) is 3.38. The van der Waals surface area contributed by atoms with E-state index in [2.05, 4.69) is 34.6 Å². The van der Waals surface area contributed by atoms with E-state index < -0.39 is 11.4 Å². The van der Waals surface area contributed by atoms with Crippen LogP contribution in [0.25, 0.3) is 0 Å². The zero-order chi connectivity index (χ0) is 19.3. The van der Waals surface area contributed by atoms with Crippen LogP contribution in [0.1, 0.15) is 50.8 Å². The standard InChI is InChI=1S/C23H29NO2S/c1-23(2,3)27(25)24(18-19-12-6-4-7-13-19)22(20-14-8-5-9-15-20)21-16-10-11-17-26-21/h4-9,11-15,17,21-22H,10,16,18H2,1-3H3/t21-,22?,27?/m0/s1. The summed E-state index contributed by atoms with van der Waals surface area (Å²) in [5.74, 6) is 0. The molecule has 0 fully saturated rings. The highest BCUT2D eigenvalue weighted by atomic mass is 32.2. The van der Waals surface area contributed by atoms with Crippen LogP contribution in [0, 0.1) is 0 Å². The summed E-state index contributed by atoms with van der Waals surface area (Å²) in [6, 6.07) is 20.5. The molecule has 0 saturated carbocycles. The number of allylic oxidation sites excluding steroid dienone is 1. The van der Waals surface area contributed by atoms with Crippen LogP contribution < -0.4 is 0 Å². The first-order chi connectivity index (χ1) is 13.0. The van der Waals surface area contributed by atoms with Crippen LogP contribution >= 0.6 is 0 Å². The molecular formula is C23H29NO2S. The maximum Gasteiger partial charge on any atom is 0.137 e. The Morgan fingerprint density at radius 1 is 1.07 bits per heavy atom. The summed E-state index contributed by atoms with van der Waals surface area (Å²) in [6.07, 6.45) is 5.73. The van der Waals surface area contributed by atoms with Gasteiger partial charge in [0.15, 0.2) is 0 Å². The minimum absolute atomic E-state index is 0.0209. The van der Waals surface area contributed by atoms with E-state index in [0.29, 0.717) is 6.54 Å². The first-order valence-corrected chi connectivity index (χ1v) is 10.7. The molecule has 0 aliphatic carbocycles. The number of ether oxygens (including phenoxy) is 1. The highest BCUT2D eigenvalue weighted by molar-refractivity contribution is 7.90. The zero-order valence-electron chi connectivity index (χ0n) is 16.4. The molecule has 4 heteroatoms.